The zero-order chi connectivity index (χ0) is 15.6. The maximum Gasteiger partial charge on any atom is 0.573 e. The highest BCUT2D eigenvalue weighted by atomic mass is 35.5. The van der Waals surface area contributed by atoms with Gasteiger partial charge in [-0.05, 0) is 40.9 Å². The van der Waals surface area contributed by atoms with Crippen LogP contribution in [0.1, 0.15) is 10.4 Å². The molecule has 21 heavy (non-hydrogen) atoms. The van der Waals surface area contributed by atoms with Gasteiger partial charge in [-0.25, -0.2) is 0 Å². The highest BCUT2D eigenvalue weighted by Gasteiger charge is 2.31. The number of hydrogen-bond donors (Lipinski definition) is 0. The van der Waals surface area contributed by atoms with Gasteiger partial charge in [0.05, 0.1) is 10.6 Å². The summed E-state index contributed by atoms with van der Waals surface area (Å²) < 4.78 is 40.5. The molecule has 0 unspecified atom stereocenters. The SMILES string of the molecule is O=C(Cl)c1c(Cl)cccc1-c1cccc(OC(F)(F)F)c1. The quantitative estimate of drug-likeness (QED) is 0.713. The van der Waals surface area contributed by atoms with Gasteiger partial charge in [0.25, 0.3) is 5.24 Å². The first-order chi connectivity index (χ1) is 9.78. The van der Waals surface area contributed by atoms with Crippen molar-refractivity contribution in [2.45, 2.75) is 6.36 Å². The van der Waals surface area contributed by atoms with Crippen LogP contribution in [0.15, 0.2) is 42.5 Å². The van der Waals surface area contributed by atoms with Gasteiger partial charge < -0.3 is 4.74 Å². The molecule has 0 radical (unpaired) electrons. The molecule has 0 aliphatic carbocycles. The number of rotatable bonds is 3. The summed E-state index contributed by atoms with van der Waals surface area (Å²) >= 11 is 11.4. The van der Waals surface area contributed by atoms with Crippen molar-refractivity contribution in [3.05, 3.63) is 53.1 Å². The average Bonchev–Trinajstić information content (AvgIpc) is 2.36. The molecule has 0 aliphatic rings. The first-order valence-corrected chi connectivity index (χ1v) is 6.38. The molecule has 2 nitrogen and oxygen atoms in total. The molecule has 2 aromatic rings. The van der Waals surface area contributed by atoms with Crippen molar-refractivity contribution >= 4 is 28.4 Å². The summed E-state index contributed by atoms with van der Waals surface area (Å²) in [5.41, 5.74) is 0.698. The molecule has 110 valence electrons. The van der Waals surface area contributed by atoms with Gasteiger partial charge in [0.15, 0.2) is 0 Å². The number of carbonyl (C=O) groups is 1. The maximum absolute atomic E-state index is 12.2. The number of ether oxygens (including phenoxy) is 1. The summed E-state index contributed by atoms with van der Waals surface area (Å²) in [6, 6.07) is 9.79. The van der Waals surface area contributed by atoms with Crippen LogP contribution in [-0.2, 0) is 0 Å². The molecular weight excluding hydrogens is 328 g/mol. The minimum Gasteiger partial charge on any atom is -0.406 e. The van der Waals surface area contributed by atoms with Crippen molar-refractivity contribution in [3.8, 4) is 16.9 Å². The second kappa shape index (κ2) is 5.95. The molecule has 0 bridgehead atoms. The molecule has 2 aromatic carbocycles. The molecule has 7 heteroatoms. The molecule has 0 spiro atoms. The molecule has 0 heterocycles. The third-order valence-electron chi connectivity index (χ3n) is 2.59. The van der Waals surface area contributed by atoms with E-state index in [1.54, 1.807) is 6.07 Å². The van der Waals surface area contributed by atoms with Crippen molar-refractivity contribution in [1.29, 1.82) is 0 Å². The highest BCUT2D eigenvalue weighted by molar-refractivity contribution is 6.69. The fraction of sp³-hybridized carbons (Fsp3) is 0.0714. The van der Waals surface area contributed by atoms with Gasteiger partial charge in [0.2, 0.25) is 0 Å². The van der Waals surface area contributed by atoms with Gasteiger partial charge in [-0.1, -0.05) is 35.9 Å². The number of hydrogen-bond acceptors (Lipinski definition) is 2. The summed E-state index contributed by atoms with van der Waals surface area (Å²) in [6.07, 6.45) is -4.79. The van der Waals surface area contributed by atoms with Crippen LogP contribution in [0, 0.1) is 0 Å². The van der Waals surface area contributed by atoms with Crippen molar-refractivity contribution in [2.24, 2.45) is 0 Å². The van der Waals surface area contributed by atoms with E-state index in [0.29, 0.717) is 11.1 Å². The number of halogens is 5. The molecule has 0 atom stereocenters. The largest absolute Gasteiger partial charge is 0.573 e. The Hall–Kier alpha value is -1.72. The third kappa shape index (κ3) is 3.89. The summed E-state index contributed by atoms with van der Waals surface area (Å²) in [5.74, 6) is -0.395. The zero-order valence-corrected chi connectivity index (χ0v) is 11.8. The van der Waals surface area contributed by atoms with E-state index >= 15 is 0 Å². The average molecular weight is 335 g/mol. The predicted octanol–water partition coefficient (Wildman–Crippen LogP) is 5.28. The highest BCUT2D eigenvalue weighted by Crippen LogP contribution is 2.33. The normalized spacial score (nSPS) is 11.3. The van der Waals surface area contributed by atoms with E-state index < -0.39 is 17.4 Å². The third-order valence-corrected chi connectivity index (χ3v) is 3.09. The Labute approximate surface area is 128 Å². The van der Waals surface area contributed by atoms with E-state index in [1.165, 1.54) is 24.3 Å². The lowest BCUT2D eigenvalue weighted by molar-refractivity contribution is -0.274. The predicted molar refractivity (Wildman–Crippen MR) is 73.8 cm³/mol. The van der Waals surface area contributed by atoms with Crippen molar-refractivity contribution in [2.75, 3.05) is 0 Å². The number of carbonyl (C=O) groups excluding carboxylic acids is 1. The van der Waals surface area contributed by atoms with E-state index in [4.69, 9.17) is 23.2 Å². The van der Waals surface area contributed by atoms with Crippen LogP contribution in [0.2, 0.25) is 5.02 Å². The zero-order valence-electron chi connectivity index (χ0n) is 10.2. The Kier molecular flexibility index (Phi) is 4.44. The van der Waals surface area contributed by atoms with E-state index in [1.807, 2.05) is 0 Å². The second-order valence-electron chi connectivity index (χ2n) is 4.01. The van der Waals surface area contributed by atoms with Crippen LogP contribution < -0.4 is 4.74 Å². The Bertz CT molecular complexity index is 684. The summed E-state index contributed by atoms with van der Waals surface area (Å²) in [4.78, 5) is 11.4. The lowest BCUT2D eigenvalue weighted by atomic mass is 10.00. The number of alkyl halides is 3. The molecule has 0 saturated carbocycles. The van der Waals surface area contributed by atoms with Crippen LogP contribution in [0.5, 0.6) is 5.75 Å². The van der Waals surface area contributed by atoms with Crippen LogP contribution >= 0.6 is 23.2 Å². The van der Waals surface area contributed by atoms with Crippen molar-refractivity contribution in [3.63, 3.8) is 0 Å². The molecular formula is C14H7Cl2F3O2. The topological polar surface area (TPSA) is 26.3 Å². The van der Waals surface area contributed by atoms with Crippen molar-refractivity contribution < 1.29 is 22.7 Å². The van der Waals surface area contributed by atoms with Crippen LogP contribution in [0.25, 0.3) is 11.1 Å². The Morgan fingerprint density at radius 1 is 1.10 bits per heavy atom. The van der Waals surface area contributed by atoms with Crippen LogP contribution in [0.3, 0.4) is 0 Å². The van der Waals surface area contributed by atoms with Crippen LogP contribution in [0.4, 0.5) is 13.2 Å². The van der Waals surface area contributed by atoms with E-state index in [2.05, 4.69) is 4.74 Å². The summed E-state index contributed by atoms with van der Waals surface area (Å²) in [6.45, 7) is 0. The number of benzene rings is 2. The van der Waals surface area contributed by atoms with Gasteiger partial charge in [-0.2, -0.15) is 0 Å². The van der Waals surface area contributed by atoms with E-state index in [9.17, 15) is 18.0 Å². The summed E-state index contributed by atoms with van der Waals surface area (Å²) in [7, 11) is 0. The molecule has 0 fully saturated rings. The standard InChI is InChI=1S/C14H7Cl2F3O2/c15-11-6-2-5-10(12(11)13(16)20)8-3-1-4-9(7-8)21-14(17,18)19/h1-7H. The molecule has 0 N–H and O–H groups in total. The van der Waals surface area contributed by atoms with Gasteiger partial charge >= 0.3 is 6.36 Å². The Morgan fingerprint density at radius 2 is 1.76 bits per heavy atom. The lowest BCUT2D eigenvalue weighted by Crippen LogP contribution is -2.17. The van der Waals surface area contributed by atoms with Crippen molar-refractivity contribution in [1.82, 2.24) is 0 Å². The minimum absolute atomic E-state index is 0.0324. The second-order valence-corrected chi connectivity index (χ2v) is 4.76. The molecule has 0 aromatic heterocycles. The van der Waals surface area contributed by atoms with Gasteiger partial charge in [-0.15, -0.1) is 13.2 Å². The first kappa shape index (κ1) is 15.7. The van der Waals surface area contributed by atoms with E-state index in [-0.39, 0.29) is 10.6 Å². The molecule has 0 saturated heterocycles. The minimum atomic E-state index is -4.79. The maximum atomic E-state index is 12.2. The lowest BCUT2D eigenvalue weighted by Gasteiger charge is -2.12. The Balaban J connectivity index is 2.51. The van der Waals surface area contributed by atoms with Gasteiger partial charge in [0.1, 0.15) is 5.75 Å². The van der Waals surface area contributed by atoms with E-state index in [0.717, 1.165) is 12.1 Å². The monoisotopic (exact) mass is 334 g/mol. The molecule has 2 rings (SSSR count). The molecule has 0 aliphatic heterocycles. The summed E-state index contributed by atoms with van der Waals surface area (Å²) in [5, 5.41) is -0.674. The van der Waals surface area contributed by atoms with Gasteiger partial charge in [0, 0.05) is 0 Å². The van der Waals surface area contributed by atoms with Crippen LogP contribution in [-0.4, -0.2) is 11.6 Å². The Morgan fingerprint density at radius 3 is 2.38 bits per heavy atom. The fourth-order valence-corrected chi connectivity index (χ4v) is 2.34. The van der Waals surface area contributed by atoms with Gasteiger partial charge in [-0.3, -0.25) is 4.79 Å². The fourth-order valence-electron chi connectivity index (χ4n) is 1.83. The smallest absolute Gasteiger partial charge is 0.406 e. The first-order valence-electron chi connectivity index (χ1n) is 5.62. The molecule has 0 amide bonds.